The molecular formula is C12H17N5O3. The number of hydrogen-bond acceptors (Lipinski definition) is 6. The van der Waals surface area contributed by atoms with E-state index in [1.165, 1.54) is 4.57 Å². The zero-order valence-corrected chi connectivity index (χ0v) is 11.4. The van der Waals surface area contributed by atoms with Gasteiger partial charge < -0.3 is 15.6 Å². The molecule has 0 bridgehead atoms. The largest absolute Gasteiger partial charge is 0.383 e. The minimum Gasteiger partial charge on any atom is -0.383 e. The van der Waals surface area contributed by atoms with Crippen molar-refractivity contribution in [2.75, 3.05) is 11.1 Å². The van der Waals surface area contributed by atoms with Gasteiger partial charge in [0.2, 0.25) is 0 Å². The van der Waals surface area contributed by atoms with Gasteiger partial charge in [-0.1, -0.05) is 12.1 Å². The number of nitrogens with one attached hydrogen (secondary N) is 2. The number of rotatable bonds is 5. The highest BCUT2D eigenvalue weighted by Gasteiger charge is 2.12. The lowest BCUT2D eigenvalue weighted by molar-refractivity contribution is 0.391. The van der Waals surface area contributed by atoms with Gasteiger partial charge in [0.05, 0.1) is 6.54 Å². The van der Waals surface area contributed by atoms with Crippen molar-refractivity contribution in [1.82, 2.24) is 14.7 Å². The molecule has 0 aliphatic carbocycles. The highest BCUT2D eigenvalue weighted by atomic mass is 16.5. The Morgan fingerprint density at radius 1 is 1.50 bits per heavy atom. The van der Waals surface area contributed by atoms with Crippen LogP contribution in [0.3, 0.4) is 0 Å². The summed E-state index contributed by atoms with van der Waals surface area (Å²) in [5.41, 5.74) is 5.65. The van der Waals surface area contributed by atoms with Crippen molar-refractivity contribution in [3.05, 3.63) is 38.4 Å². The Kier molecular flexibility index (Phi) is 3.92. The van der Waals surface area contributed by atoms with Gasteiger partial charge in [-0.3, -0.25) is 14.3 Å². The molecular weight excluding hydrogens is 262 g/mol. The van der Waals surface area contributed by atoms with E-state index in [-0.39, 0.29) is 18.1 Å². The van der Waals surface area contributed by atoms with Gasteiger partial charge in [0.15, 0.2) is 0 Å². The number of H-pyrrole nitrogens is 1. The zero-order chi connectivity index (χ0) is 14.7. The van der Waals surface area contributed by atoms with Gasteiger partial charge in [-0.15, -0.1) is 0 Å². The second kappa shape index (κ2) is 5.64. The summed E-state index contributed by atoms with van der Waals surface area (Å²) in [5.74, 6) is 0.806. The molecule has 0 atom stereocenters. The van der Waals surface area contributed by atoms with Crippen molar-refractivity contribution in [3.63, 3.8) is 0 Å². The molecule has 0 spiro atoms. The van der Waals surface area contributed by atoms with Crippen LogP contribution in [0.1, 0.15) is 24.8 Å². The summed E-state index contributed by atoms with van der Waals surface area (Å²) in [6, 6.07) is 1.75. The van der Waals surface area contributed by atoms with Crippen LogP contribution < -0.4 is 22.3 Å². The van der Waals surface area contributed by atoms with E-state index in [1.54, 1.807) is 13.0 Å². The van der Waals surface area contributed by atoms with Gasteiger partial charge in [0, 0.05) is 12.6 Å². The van der Waals surface area contributed by atoms with Crippen LogP contribution in [0.25, 0.3) is 0 Å². The molecule has 0 unspecified atom stereocenters. The number of aromatic amines is 1. The number of anilines is 2. The Labute approximate surface area is 114 Å². The van der Waals surface area contributed by atoms with E-state index in [2.05, 4.69) is 15.5 Å². The predicted octanol–water partition coefficient (Wildman–Crippen LogP) is 0.437. The first-order valence-electron chi connectivity index (χ1n) is 6.31. The standard InChI is InChI=1S/C12H17N5O3/c1-3-4-17-10(13)9(11(18)15-12(17)19)14-6-8-5-7(2)20-16-8/h5,14H,3-4,6,13H2,1-2H3,(H,15,18,19). The fraction of sp³-hybridized carbons (Fsp3) is 0.417. The van der Waals surface area contributed by atoms with Crippen LogP contribution in [0, 0.1) is 6.92 Å². The third kappa shape index (κ3) is 2.73. The van der Waals surface area contributed by atoms with E-state index in [4.69, 9.17) is 10.3 Å². The quantitative estimate of drug-likeness (QED) is 0.730. The van der Waals surface area contributed by atoms with Crippen LogP contribution in [0.15, 0.2) is 20.2 Å². The minimum atomic E-state index is -0.542. The molecule has 2 rings (SSSR count). The second-order valence-electron chi connectivity index (χ2n) is 4.45. The average Bonchev–Trinajstić information content (AvgIpc) is 2.80. The molecule has 2 aromatic heterocycles. The molecule has 8 heteroatoms. The minimum absolute atomic E-state index is 0.126. The Morgan fingerprint density at radius 3 is 2.85 bits per heavy atom. The highest BCUT2D eigenvalue weighted by molar-refractivity contribution is 5.60. The van der Waals surface area contributed by atoms with Crippen LogP contribution in [0.4, 0.5) is 11.5 Å². The van der Waals surface area contributed by atoms with Crippen molar-refractivity contribution < 1.29 is 4.52 Å². The molecule has 0 aliphatic rings. The van der Waals surface area contributed by atoms with Gasteiger partial charge >= 0.3 is 5.69 Å². The van der Waals surface area contributed by atoms with Gasteiger partial charge in [-0.25, -0.2) is 4.79 Å². The van der Waals surface area contributed by atoms with Crippen molar-refractivity contribution in [3.8, 4) is 0 Å². The number of aryl methyl sites for hydroxylation is 1. The van der Waals surface area contributed by atoms with Crippen LogP contribution in [-0.4, -0.2) is 14.7 Å². The fourth-order valence-electron chi connectivity index (χ4n) is 1.88. The summed E-state index contributed by atoms with van der Waals surface area (Å²) >= 11 is 0. The van der Waals surface area contributed by atoms with Crippen molar-refractivity contribution in [1.29, 1.82) is 0 Å². The molecule has 2 aromatic rings. The van der Waals surface area contributed by atoms with Crippen molar-refractivity contribution >= 4 is 11.5 Å². The summed E-state index contributed by atoms with van der Waals surface area (Å²) in [6.07, 6.45) is 0.734. The highest BCUT2D eigenvalue weighted by Crippen LogP contribution is 2.12. The van der Waals surface area contributed by atoms with Crippen molar-refractivity contribution in [2.24, 2.45) is 0 Å². The van der Waals surface area contributed by atoms with E-state index in [0.717, 1.165) is 6.42 Å². The van der Waals surface area contributed by atoms with Gasteiger partial charge in [-0.2, -0.15) is 0 Å². The van der Waals surface area contributed by atoms with E-state index in [9.17, 15) is 9.59 Å². The molecule has 0 saturated carbocycles. The molecule has 20 heavy (non-hydrogen) atoms. The van der Waals surface area contributed by atoms with Crippen LogP contribution >= 0.6 is 0 Å². The Hall–Kier alpha value is -2.51. The smallest absolute Gasteiger partial charge is 0.330 e. The topological polar surface area (TPSA) is 119 Å². The van der Waals surface area contributed by atoms with Gasteiger partial charge in [0.25, 0.3) is 5.56 Å². The second-order valence-corrected chi connectivity index (χ2v) is 4.45. The molecule has 0 fully saturated rings. The molecule has 0 aromatic carbocycles. The first-order valence-corrected chi connectivity index (χ1v) is 6.31. The molecule has 4 N–H and O–H groups in total. The average molecular weight is 279 g/mol. The van der Waals surface area contributed by atoms with Crippen LogP contribution in [0.2, 0.25) is 0 Å². The molecule has 2 heterocycles. The third-order valence-electron chi connectivity index (χ3n) is 2.81. The van der Waals surface area contributed by atoms with E-state index in [1.807, 2.05) is 6.92 Å². The maximum atomic E-state index is 11.8. The lowest BCUT2D eigenvalue weighted by Gasteiger charge is -2.12. The number of nitrogens with two attached hydrogens (primary N) is 1. The Balaban J connectivity index is 2.29. The first kappa shape index (κ1) is 13.9. The summed E-state index contributed by atoms with van der Waals surface area (Å²) in [7, 11) is 0. The van der Waals surface area contributed by atoms with E-state index < -0.39 is 11.2 Å². The normalized spacial score (nSPS) is 10.7. The van der Waals surface area contributed by atoms with Gasteiger partial charge in [0.1, 0.15) is 23.0 Å². The lowest BCUT2D eigenvalue weighted by Crippen LogP contribution is -2.34. The van der Waals surface area contributed by atoms with Gasteiger partial charge in [-0.05, 0) is 13.3 Å². The molecule has 0 aliphatic heterocycles. The predicted molar refractivity (Wildman–Crippen MR) is 74.6 cm³/mol. The Morgan fingerprint density at radius 2 is 2.25 bits per heavy atom. The third-order valence-corrected chi connectivity index (χ3v) is 2.81. The SMILES string of the molecule is CCCn1c(N)c(NCc2cc(C)on2)c(=O)[nH]c1=O. The molecule has 0 saturated heterocycles. The molecule has 8 nitrogen and oxygen atoms in total. The molecule has 0 radical (unpaired) electrons. The fourth-order valence-corrected chi connectivity index (χ4v) is 1.88. The maximum absolute atomic E-state index is 11.8. The monoisotopic (exact) mass is 279 g/mol. The molecule has 0 amide bonds. The number of hydrogen-bond donors (Lipinski definition) is 3. The van der Waals surface area contributed by atoms with Crippen LogP contribution in [-0.2, 0) is 13.1 Å². The van der Waals surface area contributed by atoms with Crippen molar-refractivity contribution in [2.45, 2.75) is 33.4 Å². The van der Waals surface area contributed by atoms with E-state index >= 15 is 0 Å². The zero-order valence-electron chi connectivity index (χ0n) is 11.4. The summed E-state index contributed by atoms with van der Waals surface area (Å²) in [6.45, 7) is 4.43. The number of aromatic nitrogens is 3. The van der Waals surface area contributed by atoms with E-state index in [0.29, 0.717) is 18.0 Å². The number of nitrogens with zero attached hydrogens (tertiary/aromatic N) is 2. The Bertz CT molecular complexity index is 713. The number of nitrogen functional groups attached to an aromatic ring is 1. The first-order chi connectivity index (χ1) is 9.52. The summed E-state index contributed by atoms with van der Waals surface area (Å²) < 4.78 is 6.26. The molecule has 108 valence electrons. The lowest BCUT2D eigenvalue weighted by atomic mass is 10.3. The summed E-state index contributed by atoms with van der Waals surface area (Å²) in [4.78, 5) is 25.7. The summed E-state index contributed by atoms with van der Waals surface area (Å²) in [5, 5.41) is 6.69. The van der Waals surface area contributed by atoms with Crippen LogP contribution in [0.5, 0.6) is 0 Å². The maximum Gasteiger partial charge on any atom is 0.330 e.